The molecule has 0 saturated carbocycles. The predicted octanol–water partition coefficient (Wildman–Crippen LogP) is 2.97. The van der Waals surface area contributed by atoms with Gasteiger partial charge in [-0.15, -0.1) is 0 Å². The maximum Gasteiger partial charge on any atom is 0.244 e. The van der Waals surface area contributed by atoms with Crippen molar-refractivity contribution in [3.05, 3.63) is 23.3 Å². The summed E-state index contributed by atoms with van der Waals surface area (Å²) in [6.07, 6.45) is 7.58. The van der Waals surface area contributed by atoms with Crippen molar-refractivity contribution in [2.45, 2.75) is 56.8 Å². The SMILES string of the molecule is COc1cc2c(cc1S(=O)(=O)NCCCN1CCC(C)CC1)CCCC2. The van der Waals surface area contributed by atoms with E-state index in [9.17, 15) is 8.42 Å². The molecule has 0 bridgehead atoms. The van der Waals surface area contributed by atoms with Crippen molar-refractivity contribution in [3.8, 4) is 5.75 Å². The van der Waals surface area contributed by atoms with Crippen LogP contribution < -0.4 is 9.46 Å². The van der Waals surface area contributed by atoms with E-state index in [1.54, 1.807) is 7.11 Å². The van der Waals surface area contributed by atoms with Gasteiger partial charge >= 0.3 is 0 Å². The minimum atomic E-state index is -3.54. The molecule has 1 N–H and O–H groups in total. The molecule has 1 aliphatic carbocycles. The van der Waals surface area contributed by atoms with Gasteiger partial charge in [0, 0.05) is 6.54 Å². The van der Waals surface area contributed by atoms with Crippen LogP contribution in [0.15, 0.2) is 17.0 Å². The van der Waals surface area contributed by atoms with Crippen LogP contribution in [-0.2, 0) is 22.9 Å². The van der Waals surface area contributed by atoms with Gasteiger partial charge in [0.15, 0.2) is 0 Å². The molecular weight excluding hydrogens is 348 g/mol. The Morgan fingerprint density at radius 1 is 1.15 bits per heavy atom. The zero-order valence-corrected chi connectivity index (χ0v) is 16.9. The van der Waals surface area contributed by atoms with Crippen molar-refractivity contribution in [3.63, 3.8) is 0 Å². The molecule has 1 heterocycles. The third-order valence-corrected chi connectivity index (χ3v) is 7.22. The normalized spacial score (nSPS) is 19.3. The lowest BCUT2D eigenvalue weighted by Crippen LogP contribution is -2.35. The molecule has 5 nitrogen and oxygen atoms in total. The second-order valence-corrected chi connectivity index (χ2v) is 9.49. The molecule has 0 aromatic heterocycles. The molecule has 1 aromatic carbocycles. The Balaban J connectivity index is 1.59. The van der Waals surface area contributed by atoms with E-state index in [0.29, 0.717) is 12.3 Å². The molecule has 1 aliphatic heterocycles. The maximum atomic E-state index is 12.8. The first-order chi connectivity index (χ1) is 12.5. The molecule has 1 fully saturated rings. The van der Waals surface area contributed by atoms with E-state index < -0.39 is 10.0 Å². The second kappa shape index (κ2) is 8.72. The monoisotopic (exact) mass is 380 g/mol. The number of piperidine rings is 1. The maximum absolute atomic E-state index is 12.8. The van der Waals surface area contributed by atoms with Crippen LogP contribution in [-0.4, -0.2) is 46.6 Å². The molecule has 6 heteroatoms. The largest absolute Gasteiger partial charge is 0.495 e. The second-order valence-electron chi connectivity index (χ2n) is 7.75. The van der Waals surface area contributed by atoms with Gasteiger partial charge in [-0.3, -0.25) is 0 Å². The van der Waals surface area contributed by atoms with E-state index in [4.69, 9.17) is 4.74 Å². The Bertz CT molecular complexity index is 710. The highest BCUT2D eigenvalue weighted by Crippen LogP contribution is 2.31. The summed E-state index contributed by atoms with van der Waals surface area (Å²) in [4.78, 5) is 2.72. The lowest BCUT2D eigenvalue weighted by atomic mass is 9.92. The number of sulfonamides is 1. The van der Waals surface area contributed by atoms with Crippen LogP contribution in [0.4, 0.5) is 0 Å². The molecule has 0 radical (unpaired) electrons. The third-order valence-electron chi connectivity index (χ3n) is 5.74. The highest BCUT2D eigenvalue weighted by atomic mass is 32.2. The van der Waals surface area contributed by atoms with Gasteiger partial charge in [-0.2, -0.15) is 0 Å². The summed E-state index contributed by atoms with van der Waals surface area (Å²) in [5.41, 5.74) is 2.38. The number of likely N-dealkylation sites (tertiary alicyclic amines) is 1. The van der Waals surface area contributed by atoms with E-state index in [0.717, 1.165) is 63.2 Å². The van der Waals surface area contributed by atoms with Gasteiger partial charge in [0.05, 0.1) is 7.11 Å². The molecule has 0 unspecified atom stereocenters. The Morgan fingerprint density at radius 2 is 1.81 bits per heavy atom. The van der Waals surface area contributed by atoms with Gasteiger partial charge in [-0.25, -0.2) is 13.1 Å². The van der Waals surface area contributed by atoms with Crippen molar-refractivity contribution >= 4 is 10.0 Å². The zero-order chi connectivity index (χ0) is 18.6. The summed E-state index contributed by atoms with van der Waals surface area (Å²) in [5.74, 6) is 1.28. The molecule has 2 aliphatic rings. The number of nitrogens with one attached hydrogen (secondary N) is 1. The average Bonchev–Trinajstić information content (AvgIpc) is 2.65. The minimum Gasteiger partial charge on any atom is -0.495 e. The van der Waals surface area contributed by atoms with Gasteiger partial charge in [-0.05, 0) is 93.8 Å². The average molecular weight is 381 g/mol. The summed E-state index contributed by atoms with van der Waals surface area (Å²) >= 11 is 0. The van der Waals surface area contributed by atoms with E-state index in [2.05, 4.69) is 16.5 Å². The molecule has 3 rings (SSSR count). The van der Waals surface area contributed by atoms with Crippen LogP contribution in [0.25, 0.3) is 0 Å². The number of fused-ring (bicyclic) bond motifs is 1. The third kappa shape index (κ3) is 4.78. The van der Waals surface area contributed by atoms with Crippen molar-refractivity contribution in [2.24, 2.45) is 5.92 Å². The smallest absolute Gasteiger partial charge is 0.244 e. The van der Waals surface area contributed by atoms with E-state index >= 15 is 0 Å². The van der Waals surface area contributed by atoms with Crippen LogP contribution in [0.1, 0.15) is 50.2 Å². The van der Waals surface area contributed by atoms with Crippen LogP contribution >= 0.6 is 0 Å². The fourth-order valence-corrected chi connectivity index (χ4v) is 5.26. The minimum absolute atomic E-state index is 0.285. The van der Waals surface area contributed by atoms with E-state index in [1.165, 1.54) is 18.4 Å². The van der Waals surface area contributed by atoms with E-state index in [-0.39, 0.29) is 4.90 Å². The van der Waals surface area contributed by atoms with Crippen LogP contribution in [0, 0.1) is 5.92 Å². The highest BCUT2D eigenvalue weighted by Gasteiger charge is 2.23. The molecule has 0 atom stereocenters. The number of hydrogen-bond acceptors (Lipinski definition) is 4. The van der Waals surface area contributed by atoms with Crippen LogP contribution in [0.2, 0.25) is 0 Å². The lowest BCUT2D eigenvalue weighted by Gasteiger charge is -2.30. The standard InChI is InChI=1S/C20H32N2O3S/c1-16-8-12-22(13-9-16)11-5-10-21-26(23,24)20-15-18-7-4-3-6-17(18)14-19(20)25-2/h14-16,21H,3-13H2,1-2H3. The zero-order valence-electron chi connectivity index (χ0n) is 16.1. The summed E-state index contributed by atoms with van der Waals surface area (Å²) in [6.45, 7) is 5.99. The quantitative estimate of drug-likeness (QED) is 0.739. The van der Waals surface area contributed by atoms with Crippen molar-refractivity contribution < 1.29 is 13.2 Å². The first-order valence-electron chi connectivity index (χ1n) is 9.91. The van der Waals surface area contributed by atoms with Crippen molar-refractivity contribution in [1.29, 1.82) is 0 Å². The van der Waals surface area contributed by atoms with Crippen LogP contribution in [0.3, 0.4) is 0 Å². The molecule has 146 valence electrons. The first-order valence-corrected chi connectivity index (χ1v) is 11.4. The first kappa shape index (κ1) is 19.6. The molecule has 0 spiro atoms. The van der Waals surface area contributed by atoms with Gasteiger partial charge in [0.25, 0.3) is 0 Å². The lowest BCUT2D eigenvalue weighted by molar-refractivity contribution is 0.191. The number of nitrogens with zero attached hydrogens (tertiary/aromatic N) is 1. The van der Waals surface area contributed by atoms with Crippen molar-refractivity contribution in [1.82, 2.24) is 9.62 Å². The Kier molecular flexibility index (Phi) is 6.59. The highest BCUT2D eigenvalue weighted by molar-refractivity contribution is 7.89. The Hall–Kier alpha value is -1.11. The fraction of sp³-hybridized carbons (Fsp3) is 0.700. The topological polar surface area (TPSA) is 58.6 Å². The fourth-order valence-electron chi connectivity index (χ4n) is 3.98. The van der Waals surface area contributed by atoms with Crippen LogP contribution in [0.5, 0.6) is 5.75 Å². The summed E-state index contributed by atoms with van der Waals surface area (Å²) in [6, 6.07) is 3.74. The summed E-state index contributed by atoms with van der Waals surface area (Å²) < 4.78 is 33.7. The number of rotatable bonds is 7. The predicted molar refractivity (Wildman–Crippen MR) is 104 cm³/mol. The molecule has 1 saturated heterocycles. The number of benzene rings is 1. The number of ether oxygens (including phenoxy) is 1. The Labute approximate surface area is 158 Å². The molecule has 1 aromatic rings. The van der Waals surface area contributed by atoms with E-state index in [1.807, 2.05) is 12.1 Å². The van der Waals surface area contributed by atoms with Gasteiger partial charge in [-0.1, -0.05) is 6.92 Å². The number of hydrogen-bond donors (Lipinski definition) is 1. The molecule has 26 heavy (non-hydrogen) atoms. The summed E-state index contributed by atoms with van der Waals surface area (Å²) in [5, 5.41) is 0. The van der Waals surface area contributed by atoms with Gasteiger partial charge in [0.2, 0.25) is 10.0 Å². The molecule has 0 amide bonds. The number of methoxy groups -OCH3 is 1. The Morgan fingerprint density at radius 3 is 2.46 bits per heavy atom. The molecular formula is C20H32N2O3S. The number of aryl methyl sites for hydroxylation is 2. The van der Waals surface area contributed by atoms with Gasteiger partial charge in [0.1, 0.15) is 10.6 Å². The summed E-state index contributed by atoms with van der Waals surface area (Å²) in [7, 11) is -2.00. The van der Waals surface area contributed by atoms with Gasteiger partial charge < -0.3 is 9.64 Å². The van der Waals surface area contributed by atoms with Crippen molar-refractivity contribution in [2.75, 3.05) is 33.3 Å².